The zero-order chi connectivity index (χ0) is 75.4. The van der Waals surface area contributed by atoms with Crippen molar-refractivity contribution in [3.05, 3.63) is 0 Å². The van der Waals surface area contributed by atoms with Gasteiger partial charge in [0.2, 0.25) is 5.91 Å². The van der Waals surface area contributed by atoms with Crippen LogP contribution in [0.3, 0.4) is 0 Å². The molecule has 21 heterocycles. The lowest BCUT2D eigenvalue weighted by molar-refractivity contribution is -0.395. The number of carboxylic acid groups (broad SMARTS) is 2. The molecular formula is C58H96N2O41S2. The van der Waals surface area contributed by atoms with Crippen molar-refractivity contribution in [1.82, 2.24) is 10.6 Å². The maximum Gasteiger partial charge on any atom is 0.327 e. The number of hydrogen-bond acceptors (Lipinski definition) is 42. The lowest BCUT2D eigenvalue weighted by Crippen LogP contribution is -2.68. The van der Waals surface area contributed by atoms with E-state index in [1.165, 1.54) is 14.0 Å². The van der Waals surface area contributed by atoms with Crippen LogP contribution in [0.1, 0.15) is 19.8 Å². The number of carbonyl (C=O) groups is 4. The summed E-state index contributed by atoms with van der Waals surface area (Å²) in [7, 11) is 1.35. The number of amides is 1. The number of carbonyl (C=O) groups excluding carboxylic acids is 2. The summed E-state index contributed by atoms with van der Waals surface area (Å²) in [6, 6.07) is -2.82. The highest BCUT2D eigenvalue weighted by molar-refractivity contribution is 7.99. The summed E-state index contributed by atoms with van der Waals surface area (Å²) in [5, 5.41) is 242. The largest absolute Gasteiger partial charge is 0.480 e. The van der Waals surface area contributed by atoms with Crippen LogP contribution in [-0.2, 0) is 95.0 Å². The van der Waals surface area contributed by atoms with E-state index in [4.69, 9.17) is 75.8 Å². The average molecular weight is 1540 g/mol. The van der Waals surface area contributed by atoms with Gasteiger partial charge in [0.25, 0.3) is 0 Å². The van der Waals surface area contributed by atoms with Gasteiger partial charge in [-0.2, -0.15) is 23.5 Å². The third-order valence-electron chi connectivity index (χ3n) is 18.3. The molecule has 14 unspecified atom stereocenters. The minimum Gasteiger partial charge on any atom is -0.480 e. The van der Waals surface area contributed by atoms with Gasteiger partial charge in [-0.3, -0.25) is 14.4 Å². The number of thioether (sulfide) groups is 2. The van der Waals surface area contributed by atoms with E-state index in [0.29, 0.717) is 0 Å². The van der Waals surface area contributed by atoms with Gasteiger partial charge >= 0.3 is 11.9 Å². The molecule has 0 radical (unpaired) electrons. The van der Waals surface area contributed by atoms with Gasteiger partial charge in [0, 0.05) is 35.9 Å². The fraction of sp³-hybridized carbons (Fsp3) is 0.931. The molecule has 103 heavy (non-hydrogen) atoms. The quantitative estimate of drug-likeness (QED) is 0.0358. The van der Waals surface area contributed by atoms with E-state index in [-0.39, 0.29) is 56.6 Å². The maximum absolute atomic E-state index is 12.9. The topological polar surface area (TPSA) is 665 Å². The molecule has 45 heteroatoms. The summed E-state index contributed by atoms with van der Waals surface area (Å²) in [5.74, 6) is -5.22. The molecule has 21 rings (SSSR count). The van der Waals surface area contributed by atoms with Crippen LogP contribution in [0.25, 0.3) is 0 Å². The molecule has 23 N–H and O–H groups in total. The number of ketones is 1. The molecule has 0 spiro atoms. The molecule has 37 atom stereocenters. The number of Topliss-reactive ketones (excluding diaryl/α,β-unsaturated/α-hetero) is 1. The molecule has 43 nitrogen and oxygen atoms in total. The standard InChI is InChI=1S/C58H96N2O41S2/c1-18(66)3-5-86-7-8-87-6-4-28(67)60-20(51(84)85)15-103-17-27-49-35(74)42(81)58(94-27)99-47-25(13-65)90-54(38(77)31(47)70)97-45-22(10-62)91-55(39(78)32(45)71)100-48-26(16-102-14-19(59-2)50(82)83)93-57(41(80)34(48)73)98-46-24(12-64)89-53(37(76)30(46)69)95-43-21(9-61)88-52(36(75)29(43)68)96-44-23(11-63)92-56(101-49)40(79)33(44)72/h19-27,29-49,52-59,61-65,68-81H,3-17H2,1-2H3,(H,60,67)(H,82,83)(H,84,85)/t19-,20-,21?,22?,23?,24?,25?,26?,27?,29-,30-,31-,32-,33-,34-,35-,36?,37?,38?,39?,40?,41?,42?,43-,44-,45-,46-,47-,48-,49-,52-,53+,54+,55+,56-,57+,58-/m1/s1. The number of hydrogen-bond donors (Lipinski definition) is 23. The third-order valence-corrected chi connectivity index (χ3v) is 20.5. The number of likely N-dealkylation sites (N-methyl/N-ethyl adjacent to an activating group) is 1. The van der Waals surface area contributed by atoms with Crippen molar-refractivity contribution in [3.63, 3.8) is 0 Å². The van der Waals surface area contributed by atoms with Crippen LogP contribution in [0.15, 0.2) is 0 Å². The molecule has 0 aromatic carbocycles. The Morgan fingerprint density at radius 1 is 0.340 bits per heavy atom. The van der Waals surface area contributed by atoms with Crippen molar-refractivity contribution in [2.75, 3.05) is 89.5 Å². The number of aliphatic hydroxyl groups is 19. The molecule has 21 aliphatic rings. The van der Waals surface area contributed by atoms with Crippen LogP contribution in [0.5, 0.6) is 0 Å². The molecule has 1 amide bonds. The number of aliphatic hydroxyl groups excluding tert-OH is 19. The van der Waals surface area contributed by atoms with Crippen LogP contribution < -0.4 is 10.6 Å². The molecular weight excluding hydrogens is 1440 g/mol. The fourth-order valence-electron chi connectivity index (χ4n) is 12.4. The van der Waals surface area contributed by atoms with Crippen molar-refractivity contribution in [3.8, 4) is 0 Å². The minimum atomic E-state index is -2.32. The van der Waals surface area contributed by atoms with E-state index in [2.05, 4.69) is 10.6 Å². The lowest BCUT2D eigenvalue weighted by atomic mass is 9.95. The van der Waals surface area contributed by atoms with Crippen LogP contribution in [0, 0.1) is 0 Å². The number of carboxylic acids is 2. The highest BCUT2D eigenvalue weighted by atomic mass is 32.2. The van der Waals surface area contributed by atoms with Crippen LogP contribution in [0.4, 0.5) is 0 Å². The lowest BCUT2D eigenvalue weighted by Gasteiger charge is -2.50. The second kappa shape index (κ2) is 39.8. The Labute approximate surface area is 594 Å². The van der Waals surface area contributed by atoms with Crippen molar-refractivity contribution >= 4 is 47.2 Å². The first-order valence-corrected chi connectivity index (χ1v) is 35.3. The van der Waals surface area contributed by atoms with Crippen LogP contribution in [-0.4, -0.2) is 447 Å². The number of rotatable bonds is 26. The Hall–Kier alpha value is -2.66. The molecule has 21 saturated heterocycles. The van der Waals surface area contributed by atoms with E-state index in [9.17, 15) is 126 Å². The molecule has 14 bridgehead atoms. The van der Waals surface area contributed by atoms with Crippen LogP contribution >= 0.6 is 23.5 Å². The van der Waals surface area contributed by atoms with E-state index in [0.717, 1.165) is 23.5 Å². The minimum absolute atomic E-state index is 0.0368. The molecule has 0 aromatic rings. The summed E-state index contributed by atoms with van der Waals surface area (Å²) in [4.78, 5) is 48.5. The Balaban J connectivity index is 1.08. The van der Waals surface area contributed by atoms with Gasteiger partial charge in [-0.25, -0.2) is 4.79 Å². The number of nitrogens with one attached hydrogen (secondary N) is 2. The van der Waals surface area contributed by atoms with Crippen molar-refractivity contribution in [2.24, 2.45) is 0 Å². The smallest absolute Gasteiger partial charge is 0.327 e. The maximum atomic E-state index is 12.9. The first-order valence-electron chi connectivity index (χ1n) is 33.0. The fourth-order valence-corrected chi connectivity index (χ4v) is 14.7. The summed E-state index contributed by atoms with van der Waals surface area (Å²) in [5.41, 5.74) is 0. The highest BCUT2D eigenvalue weighted by Crippen LogP contribution is 2.40. The Bertz CT molecular complexity index is 2620. The highest BCUT2D eigenvalue weighted by Gasteiger charge is 2.60. The molecule has 596 valence electrons. The van der Waals surface area contributed by atoms with Gasteiger partial charge in [-0.05, 0) is 14.0 Å². The van der Waals surface area contributed by atoms with Gasteiger partial charge in [-0.15, -0.1) is 0 Å². The van der Waals surface area contributed by atoms with Crippen LogP contribution in [0.2, 0.25) is 0 Å². The molecule has 0 saturated carbocycles. The van der Waals surface area contributed by atoms with E-state index in [1.54, 1.807) is 0 Å². The van der Waals surface area contributed by atoms with Gasteiger partial charge < -0.3 is 194 Å². The van der Waals surface area contributed by atoms with Gasteiger partial charge in [0.1, 0.15) is 177 Å². The normalized spacial score (nSPS) is 44.8. The molecule has 21 aliphatic heterocycles. The number of aliphatic carboxylic acids is 2. The third kappa shape index (κ3) is 20.9. The summed E-state index contributed by atoms with van der Waals surface area (Å²) in [6.07, 6.45) is -72.9. The van der Waals surface area contributed by atoms with E-state index >= 15 is 0 Å². The average Bonchev–Trinajstić information content (AvgIpc) is 0.785. The van der Waals surface area contributed by atoms with Crippen molar-refractivity contribution in [2.45, 2.75) is 247 Å². The summed E-state index contributed by atoms with van der Waals surface area (Å²) in [6.45, 7) is -4.06. The first-order chi connectivity index (χ1) is 49.0. The summed E-state index contributed by atoms with van der Waals surface area (Å²) < 4.78 is 93.1. The Morgan fingerprint density at radius 3 is 0.806 bits per heavy atom. The Kier molecular flexibility index (Phi) is 33.2. The van der Waals surface area contributed by atoms with Gasteiger partial charge in [0.05, 0.1) is 71.7 Å². The SMILES string of the molecule is CN[C@H](CSCC1O[C@H]2O[C@@H]3C(CO)O[C@@H](O[C@@H]4C(CO)O[C@H](O[C@@H]5C(CO)O[C@H](O[C@@H]6C(CSC[C@@H](NC(=O)CCOCCOCCC(C)=O)C(=O)O)O[C@H](O[C@@H]7C(CO)O[C@@H](O[C@@H]8C(CO)O[C@@H](O[C@H]1[C@H](O)C2O)C(O)[C@H]8O)C(O)[C@H]7O)C(O)[C@H]6O)C(O)[C@H]5O)C(O)[C@H]4O)C(O)[C@H]3O)C(=O)O. The Morgan fingerprint density at radius 2 is 0.573 bits per heavy atom. The number of ether oxygens (including phenoxy) is 16. The summed E-state index contributed by atoms with van der Waals surface area (Å²) >= 11 is 1.60. The monoisotopic (exact) mass is 1540 g/mol. The predicted octanol–water partition coefficient (Wildman–Crippen LogP) is -14.1. The van der Waals surface area contributed by atoms with Gasteiger partial charge in [-0.1, -0.05) is 0 Å². The predicted molar refractivity (Wildman–Crippen MR) is 331 cm³/mol. The molecule has 0 aromatic heterocycles. The van der Waals surface area contributed by atoms with Crippen molar-refractivity contribution in [1.29, 1.82) is 0 Å². The van der Waals surface area contributed by atoms with E-state index in [1.807, 2.05) is 0 Å². The second-order valence-electron chi connectivity index (χ2n) is 25.4. The molecule has 0 aliphatic carbocycles. The molecule has 21 fully saturated rings. The zero-order valence-electron chi connectivity index (χ0n) is 55.3. The first kappa shape index (κ1) is 85.9. The zero-order valence-corrected chi connectivity index (χ0v) is 57.0. The van der Waals surface area contributed by atoms with Crippen molar-refractivity contribution < 1.29 is 202 Å². The van der Waals surface area contributed by atoms with E-state index < -0.39 is 289 Å². The van der Waals surface area contributed by atoms with Gasteiger partial charge in [0.15, 0.2) is 44.0 Å². The second-order valence-corrected chi connectivity index (χ2v) is 27.6.